The lowest BCUT2D eigenvalue weighted by atomic mass is 9.90. The molecule has 0 rings (SSSR count). The number of hydrogen-bond donors (Lipinski definition) is 0. The molecule has 0 bridgehead atoms. The largest absolute Gasteiger partial charge is 0.0848 e. The molecule has 0 atom stereocenters. The van der Waals surface area contributed by atoms with Crippen LogP contribution in [0.25, 0.3) is 0 Å². The Labute approximate surface area is 89.4 Å². The highest BCUT2D eigenvalue weighted by atomic mass is 14.1. The summed E-state index contributed by atoms with van der Waals surface area (Å²) in [5, 5.41) is 0. The lowest BCUT2D eigenvalue weighted by Crippen LogP contribution is -2.02. The van der Waals surface area contributed by atoms with Crippen LogP contribution in [-0.2, 0) is 0 Å². The minimum atomic E-state index is 0.455. The van der Waals surface area contributed by atoms with E-state index in [9.17, 15) is 0 Å². The first-order chi connectivity index (χ1) is 6.56. The fourth-order valence-corrected chi connectivity index (χ4v) is 1.03. The van der Waals surface area contributed by atoms with E-state index >= 15 is 0 Å². The Morgan fingerprint density at radius 2 is 1.43 bits per heavy atom. The summed E-state index contributed by atoms with van der Waals surface area (Å²) < 4.78 is 0. The van der Waals surface area contributed by atoms with Gasteiger partial charge in [0.15, 0.2) is 0 Å². The maximum Gasteiger partial charge on any atom is -0.0343 e. The van der Waals surface area contributed by atoms with Crippen LogP contribution in [0.5, 0.6) is 0 Å². The first kappa shape index (κ1) is 13.2. The lowest BCUT2D eigenvalue weighted by molar-refractivity contribution is 0.381. The summed E-state index contributed by atoms with van der Waals surface area (Å²) in [6.45, 7) is 8.98. The summed E-state index contributed by atoms with van der Waals surface area (Å²) in [5.41, 5.74) is 0.455. The summed E-state index contributed by atoms with van der Waals surface area (Å²) in [7, 11) is 0. The molecular weight excluding hydrogens is 168 g/mol. The average Bonchev–Trinajstić information content (AvgIpc) is 2.08. The molecule has 14 heavy (non-hydrogen) atoms. The van der Waals surface area contributed by atoms with Gasteiger partial charge in [-0.2, -0.15) is 0 Å². The predicted octanol–water partition coefficient (Wildman–Crippen LogP) is 4.89. The van der Waals surface area contributed by atoms with E-state index in [0.29, 0.717) is 5.41 Å². The molecule has 0 nitrogen and oxygen atoms in total. The third-order valence-corrected chi connectivity index (χ3v) is 1.90. The number of rotatable bonds is 5. The van der Waals surface area contributed by atoms with Crippen molar-refractivity contribution >= 4 is 0 Å². The van der Waals surface area contributed by atoms with E-state index in [0.717, 1.165) is 6.42 Å². The molecule has 80 valence electrons. The van der Waals surface area contributed by atoms with Gasteiger partial charge in [-0.25, -0.2) is 0 Å². The SMILES string of the molecule is CC/C=C/C=C/C=C/CCC(C)(C)C. The van der Waals surface area contributed by atoms with E-state index in [-0.39, 0.29) is 0 Å². The normalized spacial score (nSPS) is 13.7. The van der Waals surface area contributed by atoms with Gasteiger partial charge < -0.3 is 0 Å². The van der Waals surface area contributed by atoms with Crippen LogP contribution in [0.15, 0.2) is 36.5 Å². The highest BCUT2D eigenvalue weighted by Crippen LogP contribution is 2.20. The zero-order valence-corrected chi connectivity index (χ0v) is 10.1. The fourth-order valence-electron chi connectivity index (χ4n) is 1.03. The van der Waals surface area contributed by atoms with Crippen molar-refractivity contribution in [1.29, 1.82) is 0 Å². The summed E-state index contributed by atoms with van der Waals surface area (Å²) in [5.74, 6) is 0. The molecular formula is C14H24. The van der Waals surface area contributed by atoms with Crippen LogP contribution in [0.2, 0.25) is 0 Å². The molecule has 0 saturated heterocycles. The van der Waals surface area contributed by atoms with E-state index in [1.165, 1.54) is 12.8 Å². The maximum absolute atomic E-state index is 2.28. The molecule has 0 saturated carbocycles. The standard InChI is InChI=1S/C14H24/c1-5-6-7-8-9-10-11-12-13-14(2,3)4/h6-11H,5,12-13H2,1-4H3/b7-6+,9-8+,11-10+. The Balaban J connectivity index is 3.55. The first-order valence-corrected chi connectivity index (χ1v) is 5.54. The van der Waals surface area contributed by atoms with Crippen molar-refractivity contribution in [2.24, 2.45) is 5.41 Å². The van der Waals surface area contributed by atoms with Crippen LogP contribution < -0.4 is 0 Å². The van der Waals surface area contributed by atoms with Crippen LogP contribution in [0.1, 0.15) is 47.0 Å². The van der Waals surface area contributed by atoms with Crippen LogP contribution >= 0.6 is 0 Å². The van der Waals surface area contributed by atoms with Gasteiger partial charge in [0, 0.05) is 0 Å². The van der Waals surface area contributed by atoms with Crippen molar-refractivity contribution in [2.45, 2.75) is 47.0 Å². The predicted molar refractivity (Wildman–Crippen MR) is 66.4 cm³/mol. The quantitative estimate of drug-likeness (QED) is 0.544. The summed E-state index contributed by atoms with van der Waals surface area (Å²) in [6, 6.07) is 0. The molecule has 0 amide bonds. The van der Waals surface area contributed by atoms with Crippen molar-refractivity contribution in [3.05, 3.63) is 36.5 Å². The smallest absolute Gasteiger partial charge is 0.0343 e. The van der Waals surface area contributed by atoms with Gasteiger partial charge in [0.05, 0.1) is 0 Å². The van der Waals surface area contributed by atoms with Gasteiger partial charge in [0.2, 0.25) is 0 Å². The van der Waals surface area contributed by atoms with Crippen LogP contribution in [-0.4, -0.2) is 0 Å². The number of hydrogen-bond acceptors (Lipinski definition) is 0. The monoisotopic (exact) mass is 192 g/mol. The minimum absolute atomic E-state index is 0.455. The van der Waals surface area contributed by atoms with E-state index < -0.39 is 0 Å². The molecule has 0 fully saturated rings. The van der Waals surface area contributed by atoms with Gasteiger partial charge in [-0.15, -0.1) is 0 Å². The highest BCUT2D eigenvalue weighted by Gasteiger charge is 2.06. The first-order valence-electron chi connectivity index (χ1n) is 5.54. The second kappa shape index (κ2) is 7.61. The molecule has 0 aromatic rings. The zero-order chi connectivity index (χ0) is 10.9. The topological polar surface area (TPSA) is 0 Å². The second-order valence-corrected chi connectivity index (χ2v) is 4.75. The van der Waals surface area contributed by atoms with E-state index in [1.807, 2.05) is 0 Å². The molecule has 0 heteroatoms. The Hall–Kier alpha value is -0.780. The molecule has 0 aliphatic heterocycles. The highest BCUT2D eigenvalue weighted by molar-refractivity contribution is 5.10. The van der Waals surface area contributed by atoms with Gasteiger partial charge >= 0.3 is 0 Å². The van der Waals surface area contributed by atoms with Crippen molar-refractivity contribution in [2.75, 3.05) is 0 Å². The van der Waals surface area contributed by atoms with E-state index in [2.05, 4.69) is 64.2 Å². The Morgan fingerprint density at radius 3 is 1.93 bits per heavy atom. The summed E-state index contributed by atoms with van der Waals surface area (Å²) >= 11 is 0. The Bertz CT molecular complexity index is 199. The number of allylic oxidation sites excluding steroid dienone is 6. The van der Waals surface area contributed by atoms with Gasteiger partial charge in [-0.05, 0) is 24.7 Å². The van der Waals surface area contributed by atoms with Crippen molar-refractivity contribution < 1.29 is 0 Å². The van der Waals surface area contributed by atoms with Gasteiger partial charge in [-0.1, -0.05) is 64.2 Å². The molecule has 0 aliphatic rings. The lowest BCUT2D eigenvalue weighted by Gasteiger charge is -2.15. The van der Waals surface area contributed by atoms with Gasteiger partial charge in [0.1, 0.15) is 0 Å². The van der Waals surface area contributed by atoms with Crippen molar-refractivity contribution in [1.82, 2.24) is 0 Å². The van der Waals surface area contributed by atoms with Gasteiger partial charge in [-0.3, -0.25) is 0 Å². The third kappa shape index (κ3) is 11.2. The molecule has 0 aromatic heterocycles. The van der Waals surface area contributed by atoms with Gasteiger partial charge in [0.25, 0.3) is 0 Å². The molecule has 0 aliphatic carbocycles. The Kier molecular flexibility index (Phi) is 7.18. The molecule has 0 heterocycles. The third-order valence-electron chi connectivity index (χ3n) is 1.90. The van der Waals surface area contributed by atoms with Crippen LogP contribution in [0, 0.1) is 5.41 Å². The molecule has 0 spiro atoms. The molecule has 0 aromatic carbocycles. The van der Waals surface area contributed by atoms with Crippen molar-refractivity contribution in [3.63, 3.8) is 0 Å². The van der Waals surface area contributed by atoms with Crippen LogP contribution in [0.3, 0.4) is 0 Å². The second-order valence-electron chi connectivity index (χ2n) is 4.75. The Morgan fingerprint density at radius 1 is 0.857 bits per heavy atom. The molecule has 0 radical (unpaired) electrons. The molecule has 0 N–H and O–H groups in total. The molecule has 0 unspecified atom stereocenters. The average molecular weight is 192 g/mol. The van der Waals surface area contributed by atoms with E-state index in [1.54, 1.807) is 0 Å². The van der Waals surface area contributed by atoms with Crippen LogP contribution in [0.4, 0.5) is 0 Å². The summed E-state index contributed by atoms with van der Waals surface area (Å²) in [4.78, 5) is 0. The summed E-state index contributed by atoms with van der Waals surface area (Å²) in [6.07, 6.45) is 16.3. The minimum Gasteiger partial charge on any atom is -0.0848 e. The maximum atomic E-state index is 2.28. The van der Waals surface area contributed by atoms with Crippen molar-refractivity contribution in [3.8, 4) is 0 Å². The fraction of sp³-hybridized carbons (Fsp3) is 0.571. The van der Waals surface area contributed by atoms with E-state index in [4.69, 9.17) is 0 Å². The zero-order valence-electron chi connectivity index (χ0n) is 10.1.